The second-order valence-electron chi connectivity index (χ2n) is 3.24. The van der Waals surface area contributed by atoms with Gasteiger partial charge in [0, 0.05) is 23.5 Å². The average Bonchev–Trinajstić information content (AvgIpc) is 2.75. The molecule has 0 spiro atoms. The summed E-state index contributed by atoms with van der Waals surface area (Å²) in [6.07, 6.45) is 5.43. The van der Waals surface area contributed by atoms with Gasteiger partial charge in [-0.15, -0.1) is 11.3 Å². The zero-order valence-corrected chi connectivity index (χ0v) is 9.16. The van der Waals surface area contributed by atoms with Crippen LogP contribution in [0.2, 0.25) is 0 Å². The van der Waals surface area contributed by atoms with Gasteiger partial charge in [0.2, 0.25) is 0 Å². The van der Waals surface area contributed by atoms with Crippen LogP contribution in [-0.2, 0) is 0 Å². The fourth-order valence-corrected chi connectivity index (χ4v) is 2.17. The van der Waals surface area contributed by atoms with Crippen molar-refractivity contribution in [3.8, 4) is 0 Å². The number of nitrogens with two attached hydrogens (primary N) is 1. The molecule has 15 heavy (non-hydrogen) atoms. The Morgan fingerprint density at radius 1 is 1.40 bits per heavy atom. The predicted molar refractivity (Wildman–Crippen MR) is 60.3 cm³/mol. The summed E-state index contributed by atoms with van der Waals surface area (Å²) in [5.74, 6) is 5.57. The molecule has 3 N–H and O–H groups in total. The van der Waals surface area contributed by atoms with Gasteiger partial charge in [0.05, 0.1) is 11.6 Å². The van der Waals surface area contributed by atoms with Gasteiger partial charge in [-0.05, 0) is 24.1 Å². The van der Waals surface area contributed by atoms with Crippen LogP contribution in [0.3, 0.4) is 0 Å². The number of hydrogen-bond donors (Lipinski definition) is 2. The quantitative estimate of drug-likeness (QED) is 0.606. The van der Waals surface area contributed by atoms with Gasteiger partial charge in [-0.1, -0.05) is 0 Å². The molecule has 0 amide bonds. The first-order valence-electron chi connectivity index (χ1n) is 4.58. The molecule has 4 nitrogen and oxygen atoms in total. The van der Waals surface area contributed by atoms with E-state index in [0.29, 0.717) is 0 Å². The highest BCUT2D eigenvalue weighted by Gasteiger charge is 2.15. The second kappa shape index (κ2) is 4.48. The number of nitrogens with zero attached hydrogens (tertiary/aromatic N) is 2. The van der Waals surface area contributed by atoms with E-state index < -0.39 is 0 Å². The van der Waals surface area contributed by atoms with Gasteiger partial charge < -0.3 is 0 Å². The molecule has 1 atom stereocenters. The van der Waals surface area contributed by atoms with Crippen molar-refractivity contribution in [1.29, 1.82) is 0 Å². The van der Waals surface area contributed by atoms with Crippen LogP contribution in [-0.4, -0.2) is 9.97 Å². The molecule has 2 heterocycles. The van der Waals surface area contributed by atoms with Crippen LogP contribution in [0.1, 0.15) is 22.0 Å². The number of pyridine rings is 1. The molecule has 1 unspecified atom stereocenters. The van der Waals surface area contributed by atoms with Crippen molar-refractivity contribution in [1.82, 2.24) is 15.4 Å². The molecule has 0 saturated carbocycles. The Kier molecular flexibility index (Phi) is 3.05. The highest BCUT2D eigenvalue weighted by Crippen LogP contribution is 2.25. The Hall–Kier alpha value is -1.30. The van der Waals surface area contributed by atoms with E-state index in [4.69, 9.17) is 5.84 Å². The first-order chi connectivity index (χ1) is 7.33. The largest absolute Gasteiger partial charge is 0.271 e. The molecule has 0 aromatic carbocycles. The molecule has 0 bridgehead atoms. The van der Waals surface area contributed by atoms with E-state index in [0.717, 1.165) is 10.4 Å². The summed E-state index contributed by atoms with van der Waals surface area (Å²) >= 11 is 1.58. The highest BCUT2D eigenvalue weighted by atomic mass is 32.1. The monoisotopic (exact) mass is 220 g/mol. The molecule has 2 aromatic rings. The van der Waals surface area contributed by atoms with E-state index in [1.165, 1.54) is 5.56 Å². The van der Waals surface area contributed by atoms with Gasteiger partial charge in [0.15, 0.2) is 0 Å². The third-order valence-electron chi connectivity index (χ3n) is 2.29. The standard InChI is InChI=1S/C10H12N4S/c1-7-2-3-12-4-8(7)10(14-11)9-5-13-6-15-9/h2-6,10,14H,11H2,1H3. The Bertz CT molecular complexity index is 427. The number of hydrazine groups is 1. The number of nitrogens with one attached hydrogen (secondary N) is 1. The van der Waals surface area contributed by atoms with Crippen molar-refractivity contribution in [3.05, 3.63) is 46.2 Å². The topological polar surface area (TPSA) is 63.8 Å². The van der Waals surface area contributed by atoms with Gasteiger partial charge >= 0.3 is 0 Å². The van der Waals surface area contributed by atoms with Crippen LogP contribution in [0.4, 0.5) is 0 Å². The summed E-state index contributed by atoms with van der Waals surface area (Å²) in [7, 11) is 0. The maximum atomic E-state index is 5.57. The third kappa shape index (κ3) is 2.04. The van der Waals surface area contributed by atoms with Crippen molar-refractivity contribution >= 4 is 11.3 Å². The van der Waals surface area contributed by atoms with Crippen LogP contribution in [0.25, 0.3) is 0 Å². The Morgan fingerprint density at radius 3 is 2.87 bits per heavy atom. The number of aromatic nitrogens is 2. The van der Waals surface area contributed by atoms with Crippen molar-refractivity contribution < 1.29 is 0 Å². The van der Waals surface area contributed by atoms with Crippen molar-refractivity contribution in [2.24, 2.45) is 5.84 Å². The van der Waals surface area contributed by atoms with Gasteiger partial charge in [-0.25, -0.2) is 5.43 Å². The number of rotatable bonds is 3. The minimum Gasteiger partial charge on any atom is -0.271 e. The first-order valence-corrected chi connectivity index (χ1v) is 5.46. The zero-order valence-electron chi connectivity index (χ0n) is 8.34. The van der Waals surface area contributed by atoms with Crippen LogP contribution >= 0.6 is 11.3 Å². The van der Waals surface area contributed by atoms with Gasteiger partial charge in [-0.2, -0.15) is 0 Å². The first kappa shape index (κ1) is 10.2. The molecule has 2 aromatic heterocycles. The van der Waals surface area contributed by atoms with Gasteiger partial charge in [0.25, 0.3) is 0 Å². The summed E-state index contributed by atoms with van der Waals surface area (Å²) in [4.78, 5) is 9.25. The lowest BCUT2D eigenvalue weighted by molar-refractivity contribution is 0.640. The Morgan fingerprint density at radius 2 is 2.27 bits per heavy atom. The van der Waals surface area contributed by atoms with Crippen LogP contribution in [0.5, 0.6) is 0 Å². The SMILES string of the molecule is Cc1ccncc1C(NN)c1cncs1. The molecule has 0 radical (unpaired) electrons. The number of hydrogen-bond acceptors (Lipinski definition) is 5. The van der Waals surface area contributed by atoms with E-state index in [2.05, 4.69) is 15.4 Å². The maximum absolute atomic E-state index is 5.57. The average molecular weight is 220 g/mol. The molecule has 0 fully saturated rings. The Balaban J connectivity index is 2.40. The molecule has 0 aliphatic heterocycles. The molecule has 5 heteroatoms. The second-order valence-corrected chi connectivity index (χ2v) is 4.15. The molecule has 2 rings (SSSR count). The normalized spacial score (nSPS) is 12.7. The minimum absolute atomic E-state index is 0.0220. The van der Waals surface area contributed by atoms with E-state index >= 15 is 0 Å². The molecular weight excluding hydrogens is 208 g/mol. The lowest BCUT2D eigenvalue weighted by Crippen LogP contribution is -2.28. The van der Waals surface area contributed by atoms with Gasteiger partial charge in [-0.3, -0.25) is 15.8 Å². The van der Waals surface area contributed by atoms with E-state index in [-0.39, 0.29) is 6.04 Å². The molecule has 0 saturated heterocycles. The number of aryl methyl sites for hydroxylation is 1. The van der Waals surface area contributed by atoms with Crippen molar-refractivity contribution in [2.45, 2.75) is 13.0 Å². The lowest BCUT2D eigenvalue weighted by Gasteiger charge is -2.15. The predicted octanol–water partition coefficient (Wildman–Crippen LogP) is 1.40. The van der Waals surface area contributed by atoms with Crippen LogP contribution in [0, 0.1) is 6.92 Å². The molecule has 0 aliphatic carbocycles. The summed E-state index contributed by atoms with van der Waals surface area (Å²) in [5, 5.41) is 0. The lowest BCUT2D eigenvalue weighted by atomic mass is 10.0. The van der Waals surface area contributed by atoms with Crippen molar-refractivity contribution in [2.75, 3.05) is 0 Å². The third-order valence-corrected chi connectivity index (χ3v) is 3.13. The number of thiazole rings is 1. The van der Waals surface area contributed by atoms with Crippen LogP contribution < -0.4 is 11.3 Å². The summed E-state index contributed by atoms with van der Waals surface area (Å²) < 4.78 is 0. The van der Waals surface area contributed by atoms with Crippen molar-refractivity contribution in [3.63, 3.8) is 0 Å². The van der Waals surface area contributed by atoms with E-state index in [1.807, 2.05) is 25.4 Å². The molecular formula is C10H12N4S. The smallest absolute Gasteiger partial charge is 0.0835 e. The molecule has 78 valence electrons. The maximum Gasteiger partial charge on any atom is 0.0835 e. The van der Waals surface area contributed by atoms with E-state index in [9.17, 15) is 0 Å². The zero-order chi connectivity index (χ0) is 10.7. The summed E-state index contributed by atoms with van der Waals surface area (Å²) in [5.41, 5.74) is 6.84. The summed E-state index contributed by atoms with van der Waals surface area (Å²) in [6, 6.07) is 1.95. The highest BCUT2D eigenvalue weighted by molar-refractivity contribution is 7.09. The fraction of sp³-hybridized carbons (Fsp3) is 0.200. The fourth-order valence-electron chi connectivity index (χ4n) is 1.47. The Labute approximate surface area is 92.2 Å². The summed E-state index contributed by atoms with van der Waals surface area (Å²) in [6.45, 7) is 2.04. The van der Waals surface area contributed by atoms with E-state index in [1.54, 1.807) is 23.0 Å². The minimum atomic E-state index is -0.0220. The van der Waals surface area contributed by atoms with Crippen LogP contribution in [0.15, 0.2) is 30.2 Å². The van der Waals surface area contributed by atoms with Gasteiger partial charge in [0.1, 0.15) is 0 Å². The molecule has 0 aliphatic rings.